The molecule has 6 heteroatoms. The Bertz CT molecular complexity index is 900. The van der Waals surface area contributed by atoms with Gasteiger partial charge in [0.05, 0.1) is 17.7 Å². The Morgan fingerprint density at radius 3 is 2.70 bits per heavy atom. The molecule has 2 N–H and O–H groups in total. The number of aryl methyl sites for hydroxylation is 1. The smallest absolute Gasteiger partial charge is 0.242 e. The molecule has 0 bridgehead atoms. The van der Waals surface area contributed by atoms with Crippen LogP contribution in [0.25, 0.3) is 0 Å². The molecule has 0 amide bonds. The molecule has 0 aliphatic heterocycles. The van der Waals surface area contributed by atoms with Gasteiger partial charge in [-0.25, -0.2) is 13.1 Å². The number of rotatable bonds is 3. The van der Waals surface area contributed by atoms with E-state index in [1.165, 1.54) is 6.07 Å². The summed E-state index contributed by atoms with van der Waals surface area (Å²) in [5.41, 5.74) is 2.43. The summed E-state index contributed by atoms with van der Waals surface area (Å²) in [5.74, 6) is 0. The van der Waals surface area contributed by atoms with Gasteiger partial charge in [-0.3, -0.25) is 0 Å². The summed E-state index contributed by atoms with van der Waals surface area (Å²) in [6.07, 6.45) is -0.417. The van der Waals surface area contributed by atoms with Crippen molar-refractivity contribution >= 4 is 10.0 Å². The number of nitriles is 1. The molecule has 0 radical (unpaired) electrons. The van der Waals surface area contributed by atoms with Crippen molar-refractivity contribution in [2.45, 2.75) is 30.4 Å². The van der Waals surface area contributed by atoms with Crippen molar-refractivity contribution in [1.82, 2.24) is 4.72 Å². The van der Waals surface area contributed by atoms with Crippen molar-refractivity contribution in [2.24, 2.45) is 0 Å². The fourth-order valence-electron chi connectivity index (χ4n) is 2.95. The number of hydrogen-bond donors (Lipinski definition) is 2. The van der Waals surface area contributed by atoms with Gasteiger partial charge in [0.25, 0.3) is 0 Å². The molecule has 0 aromatic heterocycles. The van der Waals surface area contributed by atoms with E-state index in [4.69, 9.17) is 0 Å². The summed E-state index contributed by atoms with van der Waals surface area (Å²) in [7, 11) is -3.92. The van der Waals surface area contributed by atoms with Gasteiger partial charge < -0.3 is 5.11 Å². The van der Waals surface area contributed by atoms with Crippen LogP contribution in [0.15, 0.2) is 47.4 Å². The van der Waals surface area contributed by atoms with E-state index in [0.717, 1.165) is 11.1 Å². The molecule has 5 nitrogen and oxygen atoms in total. The normalized spacial score (nSPS) is 20.0. The van der Waals surface area contributed by atoms with Gasteiger partial charge in [0.15, 0.2) is 0 Å². The van der Waals surface area contributed by atoms with Crippen LogP contribution in [0.1, 0.15) is 28.3 Å². The number of aliphatic hydroxyl groups excluding tert-OH is 1. The minimum absolute atomic E-state index is 0.0587. The van der Waals surface area contributed by atoms with Gasteiger partial charge in [-0.15, -0.1) is 0 Å². The minimum Gasteiger partial charge on any atom is -0.391 e. The number of nitrogens with zero attached hydrogens (tertiary/aromatic N) is 1. The molecular formula is C17H16N2O3S. The number of nitrogens with one attached hydrogen (secondary N) is 1. The summed E-state index contributed by atoms with van der Waals surface area (Å²) < 4.78 is 28.0. The second-order valence-corrected chi connectivity index (χ2v) is 7.31. The van der Waals surface area contributed by atoms with Crippen LogP contribution in [0.2, 0.25) is 0 Å². The lowest BCUT2D eigenvalue weighted by molar-refractivity contribution is 0.151. The molecule has 2 aromatic carbocycles. The summed E-state index contributed by atoms with van der Waals surface area (Å²) >= 11 is 0. The van der Waals surface area contributed by atoms with E-state index < -0.39 is 22.2 Å². The highest BCUT2D eigenvalue weighted by Gasteiger charge is 2.35. The second kappa shape index (κ2) is 5.78. The van der Waals surface area contributed by atoms with Gasteiger partial charge >= 0.3 is 0 Å². The maximum atomic E-state index is 12.7. The van der Waals surface area contributed by atoms with Crippen LogP contribution in [0.3, 0.4) is 0 Å². The first kappa shape index (κ1) is 15.7. The van der Waals surface area contributed by atoms with Gasteiger partial charge in [0.1, 0.15) is 11.0 Å². The van der Waals surface area contributed by atoms with Crippen LogP contribution in [-0.4, -0.2) is 19.6 Å². The molecule has 2 atom stereocenters. The van der Waals surface area contributed by atoms with E-state index >= 15 is 0 Å². The predicted octanol–water partition coefficient (Wildman–Crippen LogP) is 1.80. The topological polar surface area (TPSA) is 90.2 Å². The zero-order valence-electron chi connectivity index (χ0n) is 12.5. The summed E-state index contributed by atoms with van der Waals surface area (Å²) in [5, 5.41) is 19.5. The highest BCUT2D eigenvalue weighted by Crippen LogP contribution is 2.33. The maximum absolute atomic E-state index is 12.7. The summed E-state index contributed by atoms with van der Waals surface area (Å²) in [4.78, 5) is -0.0587. The molecule has 2 unspecified atom stereocenters. The van der Waals surface area contributed by atoms with E-state index in [2.05, 4.69) is 4.72 Å². The number of sulfonamides is 1. The molecule has 1 aliphatic carbocycles. The SMILES string of the molecule is Cc1cccc(S(=O)(=O)NC2c3ccccc3CC2O)c1C#N. The van der Waals surface area contributed by atoms with Crippen molar-refractivity contribution < 1.29 is 13.5 Å². The Morgan fingerprint density at radius 2 is 1.96 bits per heavy atom. The molecule has 0 saturated heterocycles. The fraction of sp³-hybridized carbons (Fsp3) is 0.235. The molecule has 2 aromatic rings. The number of benzene rings is 2. The monoisotopic (exact) mass is 328 g/mol. The molecule has 0 fully saturated rings. The van der Waals surface area contributed by atoms with Crippen LogP contribution in [0, 0.1) is 18.3 Å². The largest absolute Gasteiger partial charge is 0.391 e. The highest BCUT2D eigenvalue weighted by atomic mass is 32.2. The first-order valence-corrected chi connectivity index (χ1v) is 8.70. The van der Waals surface area contributed by atoms with Crippen molar-refractivity contribution in [1.29, 1.82) is 5.26 Å². The quantitative estimate of drug-likeness (QED) is 0.899. The predicted molar refractivity (Wildman–Crippen MR) is 85.1 cm³/mol. The lowest BCUT2D eigenvalue weighted by atomic mass is 10.1. The van der Waals surface area contributed by atoms with E-state index in [1.807, 2.05) is 24.3 Å². The Labute approximate surface area is 135 Å². The van der Waals surface area contributed by atoms with E-state index in [9.17, 15) is 18.8 Å². The molecule has 1 aliphatic rings. The van der Waals surface area contributed by atoms with E-state index in [1.54, 1.807) is 25.1 Å². The van der Waals surface area contributed by atoms with Crippen molar-refractivity contribution in [3.8, 4) is 6.07 Å². The second-order valence-electron chi connectivity index (χ2n) is 5.63. The van der Waals surface area contributed by atoms with E-state index in [-0.39, 0.29) is 10.5 Å². The van der Waals surface area contributed by atoms with Gasteiger partial charge in [0, 0.05) is 6.42 Å². The van der Waals surface area contributed by atoms with Gasteiger partial charge in [0.2, 0.25) is 10.0 Å². The molecule has 3 rings (SSSR count). The van der Waals surface area contributed by atoms with Crippen LogP contribution in [0.5, 0.6) is 0 Å². The maximum Gasteiger partial charge on any atom is 0.242 e. The Kier molecular flexibility index (Phi) is 3.94. The average molecular weight is 328 g/mol. The lowest BCUT2D eigenvalue weighted by Crippen LogP contribution is -2.34. The highest BCUT2D eigenvalue weighted by molar-refractivity contribution is 7.89. The third-order valence-electron chi connectivity index (χ3n) is 4.12. The number of aliphatic hydroxyl groups is 1. The van der Waals surface area contributed by atoms with Crippen molar-refractivity contribution in [2.75, 3.05) is 0 Å². The zero-order chi connectivity index (χ0) is 16.6. The van der Waals surface area contributed by atoms with Gasteiger partial charge in [-0.05, 0) is 29.7 Å². The fourth-order valence-corrected chi connectivity index (χ4v) is 4.43. The summed E-state index contributed by atoms with van der Waals surface area (Å²) in [6.45, 7) is 1.69. The molecular weight excluding hydrogens is 312 g/mol. The van der Waals surface area contributed by atoms with Gasteiger partial charge in [-0.2, -0.15) is 5.26 Å². The Hall–Kier alpha value is -2.20. The summed E-state index contributed by atoms with van der Waals surface area (Å²) in [6, 6.07) is 13.3. The third kappa shape index (κ3) is 2.75. The Morgan fingerprint density at radius 1 is 1.22 bits per heavy atom. The van der Waals surface area contributed by atoms with E-state index in [0.29, 0.717) is 12.0 Å². The van der Waals surface area contributed by atoms with Crippen LogP contribution in [-0.2, 0) is 16.4 Å². The van der Waals surface area contributed by atoms with Crippen LogP contribution < -0.4 is 4.72 Å². The zero-order valence-corrected chi connectivity index (χ0v) is 13.3. The molecule has 23 heavy (non-hydrogen) atoms. The van der Waals surface area contributed by atoms with Crippen molar-refractivity contribution in [3.05, 3.63) is 64.7 Å². The standard InChI is InChI=1S/C17H16N2O3S/c1-11-5-4-8-16(14(11)10-18)23(21,22)19-17-13-7-3-2-6-12(13)9-15(17)20/h2-8,15,17,19-20H,9H2,1H3. The molecule has 0 spiro atoms. The molecule has 118 valence electrons. The third-order valence-corrected chi connectivity index (χ3v) is 5.61. The van der Waals surface area contributed by atoms with Crippen LogP contribution >= 0.6 is 0 Å². The first-order valence-electron chi connectivity index (χ1n) is 7.22. The minimum atomic E-state index is -3.92. The lowest BCUT2D eigenvalue weighted by Gasteiger charge is -2.18. The molecule has 0 saturated carbocycles. The first-order chi connectivity index (χ1) is 10.9. The Balaban J connectivity index is 2.01. The van der Waals surface area contributed by atoms with Crippen LogP contribution in [0.4, 0.5) is 0 Å². The van der Waals surface area contributed by atoms with Crippen molar-refractivity contribution in [3.63, 3.8) is 0 Å². The number of fused-ring (bicyclic) bond motifs is 1. The number of hydrogen-bond acceptors (Lipinski definition) is 4. The van der Waals surface area contributed by atoms with Gasteiger partial charge in [-0.1, -0.05) is 36.4 Å². The molecule has 0 heterocycles. The average Bonchev–Trinajstić information content (AvgIpc) is 2.83.